The molecule has 0 bridgehead atoms. The molecule has 0 spiro atoms. The van der Waals surface area contributed by atoms with Crippen LogP contribution in [0.25, 0.3) is 0 Å². The Bertz CT molecular complexity index is 1290. The monoisotopic (exact) mass is 919 g/mol. The standard InChI is InChI=1S/C60H102O6/c1-4-7-10-13-16-19-22-25-28-30-31-33-35-38-41-44-47-50-53-59(62)65-56-57(55-64-58(61)52-49-46-43-40-37-34-27-24-21-18-15-12-9-6-3)66-60(63)54-51-48-45-42-39-36-32-29-26-23-20-17-14-11-8-5-2/h16,19,22,25,28-34,36-37,39,57H,4-15,17-18,20-21,23-24,26-27,35,38,40-56H2,1-3H3/b19-16-,25-22-,30-28-,32-29-,33-31-,37-34-,39-36-. The number of esters is 3. The summed E-state index contributed by atoms with van der Waals surface area (Å²) in [5, 5.41) is 0. The van der Waals surface area contributed by atoms with Gasteiger partial charge in [0, 0.05) is 19.3 Å². The first-order valence-corrected chi connectivity index (χ1v) is 27.7. The molecule has 0 aromatic rings. The van der Waals surface area contributed by atoms with Gasteiger partial charge in [-0.2, -0.15) is 0 Å². The lowest BCUT2D eigenvalue weighted by Gasteiger charge is -2.18. The van der Waals surface area contributed by atoms with E-state index in [0.29, 0.717) is 12.8 Å². The second kappa shape index (κ2) is 54.2. The summed E-state index contributed by atoms with van der Waals surface area (Å²) in [6.45, 7) is 6.54. The summed E-state index contributed by atoms with van der Waals surface area (Å²) >= 11 is 0. The van der Waals surface area contributed by atoms with Gasteiger partial charge in [-0.3, -0.25) is 14.4 Å². The Hall–Kier alpha value is -3.41. The summed E-state index contributed by atoms with van der Waals surface area (Å²) in [7, 11) is 0. The first-order valence-electron chi connectivity index (χ1n) is 27.7. The molecule has 0 saturated heterocycles. The van der Waals surface area contributed by atoms with Crippen LogP contribution in [-0.4, -0.2) is 37.2 Å². The van der Waals surface area contributed by atoms with E-state index in [1.165, 1.54) is 109 Å². The van der Waals surface area contributed by atoms with E-state index < -0.39 is 6.10 Å². The van der Waals surface area contributed by atoms with Crippen molar-refractivity contribution in [3.05, 3.63) is 85.1 Å². The molecular weight excluding hydrogens is 817 g/mol. The van der Waals surface area contributed by atoms with E-state index in [1.807, 2.05) is 0 Å². The van der Waals surface area contributed by atoms with Crippen molar-refractivity contribution in [1.82, 2.24) is 0 Å². The average molecular weight is 919 g/mol. The Labute approximate surface area is 407 Å². The number of unbranched alkanes of at least 4 members (excludes halogenated alkanes) is 28. The molecule has 66 heavy (non-hydrogen) atoms. The van der Waals surface area contributed by atoms with E-state index in [1.54, 1.807) is 0 Å². The summed E-state index contributed by atoms with van der Waals surface area (Å²) in [4.78, 5) is 38.1. The van der Waals surface area contributed by atoms with Crippen molar-refractivity contribution in [1.29, 1.82) is 0 Å². The van der Waals surface area contributed by atoms with Gasteiger partial charge in [0.05, 0.1) is 0 Å². The second-order valence-corrected chi connectivity index (χ2v) is 18.3. The normalized spacial score (nSPS) is 12.7. The molecule has 0 amide bonds. The van der Waals surface area contributed by atoms with Crippen molar-refractivity contribution in [2.45, 2.75) is 264 Å². The summed E-state index contributed by atoms with van der Waals surface area (Å²) in [6.07, 6.45) is 69.9. The molecule has 0 heterocycles. The highest BCUT2D eigenvalue weighted by Gasteiger charge is 2.19. The zero-order valence-corrected chi connectivity index (χ0v) is 43.2. The Kier molecular flexibility index (Phi) is 51.4. The van der Waals surface area contributed by atoms with Crippen LogP contribution in [0.15, 0.2) is 85.1 Å². The Morgan fingerprint density at radius 3 is 0.955 bits per heavy atom. The molecule has 1 atom stereocenters. The summed E-state index contributed by atoms with van der Waals surface area (Å²) in [6, 6.07) is 0. The van der Waals surface area contributed by atoms with Gasteiger partial charge in [0.15, 0.2) is 6.10 Å². The molecule has 0 saturated carbocycles. The minimum Gasteiger partial charge on any atom is -0.462 e. The van der Waals surface area contributed by atoms with Crippen molar-refractivity contribution in [2.75, 3.05) is 13.2 Å². The van der Waals surface area contributed by atoms with Crippen molar-refractivity contribution < 1.29 is 28.6 Å². The van der Waals surface area contributed by atoms with E-state index in [9.17, 15) is 14.4 Å². The highest BCUT2D eigenvalue weighted by molar-refractivity contribution is 5.71. The molecule has 1 unspecified atom stereocenters. The minimum atomic E-state index is -0.807. The molecular formula is C60H102O6. The van der Waals surface area contributed by atoms with Gasteiger partial charge in [0.25, 0.3) is 0 Å². The van der Waals surface area contributed by atoms with E-state index >= 15 is 0 Å². The summed E-state index contributed by atoms with van der Waals surface area (Å²) in [5.41, 5.74) is 0. The lowest BCUT2D eigenvalue weighted by Crippen LogP contribution is -2.30. The molecule has 0 aromatic heterocycles. The van der Waals surface area contributed by atoms with Crippen LogP contribution in [0.1, 0.15) is 258 Å². The van der Waals surface area contributed by atoms with Crippen LogP contribution in [0.2, 0.25) is 0 Å². The maximum atomic E-state index is 12.8. The molecule has 0 N–H and O–H groups in total. The van der Waals surface area contributed by atoms with Gasteiger partial charge in [-0.05, 0) is 96.3 Å². The van der Waals surface area contributed by atoms with E-state index in [4.69, 9.17) is 14.2 Å². The molecule has 378 valence electrons. The Morgan fingerprint density at radius 2 is 0.561 bits per heavy atom. The highest BCUT2D eigenvalue weighted by Crippen LogP contribution is 2.13. The number of carbonyl (C=O) groups is 3. The lowest BCUT2D eigenvalue weighted by molar-refractivity contribution is -0.167. The number of ether oxygens (including phenoxy) is 3. The largest absolute Gasteiger partial charge is 0.462 e. The fourth-order valence-corrected chi connectivity index (χ4v) is 7.50. The Morgan fingerprint density at radius 1 is 0.303 bits per heavy atom. The van der Waals surface area contributed by atoms with E-state index in [-0.39, 0.29) is 37.5 Å². The molecule has 0 fully saturated rings. The van der Waals surface area contributed by atoms with Crippen LogP contribution >= 0.6 is 0 Å². The fraction of sp³-hybridized carbons (Fsp3) is 0.717. The number of carbonyl (C=O) groups excluding carboxylic acids is 3. The topological polar surface area (TPSA) is 78.9 Å². The third-order valence-corrected chi connectivity index (χ3v) is 11.7. The van der Waals surface area contributed by atoms with E-state index in [2.05, 4.69) is 106 Å². The van der Waals surface area contributed by atoms with Crippen LogP contribution < -0.4 is 0 Å². The van der Waals surface area contributed by atoms with Gasteiger partial charge in [0.2, 0.25) is 0 Å². The summed E-state index contributed by atoms with van der Waals surface area (Å²) < 4.78 is 16.8. The van der Waals surface area contributed by atoms with Crippen LogP contribution in [-0.2, 0) is 28.6 Å². The minimum absolute atomic E-state index is 0.103. The molecule has 0 rings (SSSR count). The highest BCUT2D eigenvalue weighted by atomic mass is 16.6. The molecule has 0 aliphatic carbocycles. The molecule has 6 nitrogen and oxygen atoms in total. The quantitative estimate of drug-likeness (QED) is 0.0199. The molecule has 0 aromatic carbocycles. The molecule has 6 heteroatoms. The second-order valence-electron chi connectivity index (χ2n) is 18.3. The van der Waals surface area contributed by atoms with Crippen molar-refractivity contribution in [2.24, 2.45) is 0 Å². The first-order chi connectivity index (χ1) is 32.5. The van der Waals surface area contributed by atoms with Crippen LogP contribution in [0, 0.1) is 0 Å². The number of rotatable bonds is 49. The fourth-order valence-electron chi connectivity index (χ4n) is 7.50. The van der Waals surface area contributed by atoms with Gasteiger partial charge in [-0.25, -0.2) is 0 Å². The van der Waals surface area contributed by atoms with Crippen LogP contribution in [0.3, 0.4) is 0 Å². The number of allylic oxidation sites excluding steroid dienone is 14. The first kappa shape index (κ1) is 62.6. The third-order valence-electron chi connectivity index (χ3n) is 11.7. The van der Waals surface area contributed by atoms with Gasteiger partial charge in [0.1, 0.15) is 13.2 Å². The van der Waals surface area contributed by atoms with Crippen molar-refractivity contribution in [3.63, 3.8) is 0 Å². The average Bonchev–Trinajstić information content (AvgIpc) is 3.31. The lowest BCUT2D eigenvalue weighted by atomic mass is 10.1. The van der Waals surface area contributed by atoms with Crippen molar-refractivity contribution in [3.8, 4) is 0 Å². The van der Waals surface area contributed by atoms with Gasteiger partial charge < -0.3 is 14.2 Å². The molecule has 0 aliphatic heterocycles. The van der Waals surface area contributed by atoms with Gasteiger partial charge in [-0.15, -0.1) is 0 Å². The maximum absolute atomic E-state index is 12.8. The zero-order chi connectivity index (χ0) is 47.9. The predicted molar refractivity (Wildman–Crippen MR) is 284 cm³/mol. The van der Waals surface area contributed by atoms with Crippen LogP contribution in [0.5, 0.6) is 0 Å². The van der Waals surface area contributed by atoms with Crippen molar-refractivity contribution >= 4 is 17.9 Å². The van der Waals surface area contributed by atoms with Gasteiger partial charge in [-0.1, -0.05) is 228 Å². The van der Waals surface area contributed by atoms with E-state index in [0.717, 1.165) is 109 Å². The molecule has 0 radical (unpaired) electrons. The maximum Gasteiger partial charge on any atom is 0.306 e. The number of hydrogen-bond donors (Lipinski definition) is 0. The zero-order valence-electron chi connectivity index (χ0n) is 43.2. The third kappa shape index (κ3) is 51.6. The predicted octanol–water partition coefficient (Wildman–Crippen LogP) is 18.4. The summed E-state index contributed by atoms with van der Waals surface area (Å²) in [5.74, 6) is -0.965. The van der Waals surface area contributed by atoms with Crippen LogP contribution in [0.4, 0.5) is 0 Å². The Balaban J connectivity index is 4.50. The van der Waals surface area contributed by atoms with Gasteiger partial charge >= 0.3 is 17.9 Å². The SMILES string of the molecule is CCCCC\C=C/C=C\C=C/C=C\CCCCCCCC(=O)OCC(COC(=O)CCCCC/C=C\CCCCCCCCC)OC(=O)CCCCC/C=C\C=C/CCCCCCCCC. The number of hydrogen-bond acceptors (Lipinski definition) is 6. The smallest absolute Gasteiger partial charge is 0.306 e. The molecule has 0 aliphatic rings.